The third-order valence-electron chi connectivity index (χ3n) is 8.60. The van der Waals surface area contributed by atoms with Crippen LogP contribution in [0.25, 0.3) is 0 Å². The first-order valence-corrected chi connectivity index (χ1v) is 18.9. The Morgan fingerprint density at radius 1 is 0.956 bits per heavy atom. The molecule has 2 unspecified atom stereocenters. The highest BCUT2D eigenvalue weighted by molar-refractivity contribution is 5.78. The van der Waals surface area contributed by atoms with E-state index in [2.05, 4.69) is 55.7 Å². The normalized spacial score (nSPS) is 17.6. The molecule has 6 heteroatoms. The number of carbonyl (C=O) groups is 2. The zero-order valence-electron chi connectivity index (χ0n) is 31.6. The highest BCUT2D eigenvalue weighted by atomic mass is 16.5. The first kappa shape index (κ1) is 42.9. The average molecular weight is 632 g/mol. The fraction of sp³-hybridized carbons (Fsp3) is 0.795. The Hall–Kier alpha value is -2.08. The predicted molar refractivity (Wildman–Crippen MR) is 195 cm³/mol. The fourth-order valence-corrected chi connectivity index (χ4v) is 6.28. The van der Waals surface area contributed by atoms with Gasteiger partial charge in [0.2, 0.25) is 11.8 Å². The van der Waals surface area contributed by atoms with Crippen LogP contribution in [0.5, 0.6) is 5.75 Å². The van der Waals surface area contributed by atoms with E-state index in [0.29, 0.717) is 43.4 Å². The van der Waals surface area contributed by atoms with Gasteiger partial charge < -0.3 is 14.5 Å². The molecular formula is C39H73N3O3. The minimum Gasteiger partial charge on any atom is -0.494 e. The first-order chi connectivity index (χ1) is 21.9. The minimum atomic E-state index is 0.282. The number of hydrogen-bond donors (Lipinski definition) is 0. The van der Waals surface area contributed by atoms with Crippen molar-refractivity contribution in [1.29, 1.82) is 0 Å². The van der Waals surface area contributed by atoms with Gasteiger partial charge in [-0.05, 0) is 74.5 Å². The second-order valence-corrected chi connectivity index (χ2v) is 12.0. The van der Waals surface area contributed by atoms with Crippen molar-refractivity contribution >= 4 is 11.8 Å². The number of rotatable bonds is 17. The standard InChI is InChI=1S/C33H55N3O3.3C2H6/c1-6-9-11-19-35(18-10-7-2)33(38)25-36-24-28(22-29(36)14-12-20-34-21-13-15-32(34)37)27-16-17-30(26(4)5)31(23-27)39-8-3;3*1-2/h16-17,23,26,28-29H,6-15,18-22,24-25H2,1-5H3;3*1-2H3. The van der Waals surface area contributed by atoms with E-state index < -0.39 is 0 Å². The molecule has 2 heterocycles. The van der Waals surface area contributed by atoms with Gasteiger partial charge in [-0.25, -0.2) is 0 Å². The van der Waals surface area contributed by atoms with E-state index in [1.165, 1.54) is 24.0 Å². The predicted octanol–water partition coefficient (Wildman–Crippen LogP) is 9.67. The van der Waals surface area contributed by atoms with E-state index in [1.807, 2.05) is 53.4 Å². The molecule has 3 rings (SSSR count). The van der Waals surface area contributed by atoms with E-state index in [-0.39, 0.29) is 5.91 Å². The van der Waals surface area contributed by atoms with E-state index >= 15 is 0 Å². The number of carbonyl (C=O) groups excluding carboxylic acids is 2. The van der Waals surface area contributed by atoms with E-state index in [0.717, 1.165) is 83.4 Å². The van der Waals surface area contributed by atoms with E-state index in [4.69, 9.17) is 4.74 Å². The van der Waals surface area contributed by atoms with Crippen molar-refractivity contribution in [2.75, 3.05) is 45.9 Å². The Labute approximate surface area is 279 Å². The molecule has 0 aliphatic carbocycles. The molecule has 0 radical (unpaired) electrons. The second kappa shape index (κ2) is 26.0. The van der Waals surface area contributed by atoms with Crippen LogP contribution >= 0.6 is 0 Å². The van der Waals surface area contributed by atoms with Crippen molar-refractivity contribution in [3.05, 3.63) is 29.3 Å². The Morgan fingerprint density at radius 3 is 2.20 bits per heavy atom. The minimum absolute atomic E-state index is 0.282. The maximum atomic E-state index is 13.6. The maximum Gasteiger partial charge on any atom is 0.236 e. The molecule has 2 atom stereocenters. The summed E-state index contributed by atoms with van der Waals surface area (Å²) in [5.41, 5.74) is 2.58. The third kappa shape index (κ3) is 14.9. The molecule has 2 aliphatic heterocycles. The summed E-state index contributed by atoms with van der Waals surface area (Å²) in [4.78, 5) is 32.3. The number of ether oxygens (including phenoxy) is 1. The van der Waals surface area contributed by atoms with Crippen molar-refractivity contribution in [2.45, 2.75) is 158 Å². The van der Waals surface area contributed by atoms with Gasteiger partial charge in [0, 0.05) is 45.2 Å². The molecule has 0 saturated carbocycles. The van der Waals surface area contributed by atoms with Crippen LogP contribution in [0.1, 0.15) is 163 Å². The van der Waals surface area contributed by atoms with Gasteiger partial charge in [0.05, 0.1) is 13.2 Å². The number of nitrogens with zero attached hydrogens (tertiary/aromatic N) is 3. The molecule has 0 bridgehead atoms. The Balaban J connectivity index is 0.00000304. The summed E-state index contributed by atoms with van der Waals surface area (Å²) < 4.78 is 6.05. The van der Waals surface area contributed by atoms with Crippen molar-refractivity contribution in [2.24, 2.45) is 0 Å². The van der Waals surface area contributed by atoms with Crippen LogP contribution in [0.15, 0.2) is 18.2 Å². The largest absolute Gasteiger partial charge is 0.494 e. The van der Waals surface area contributed by atoms with E-state index in [9.17, 15) is 9.59 Å². The molecule has 6 nitrogen and oxygen atoms in total. The van der Waals surface area contributed by atoms with Crippen molar-refractivity contribution in [3.63, 3.8) is 0 Å². The number of unbranched alkanes of at least 4 members (excludes halogenated alkanes) is 3. The van der Waals surface area contributed by atoms with Gasteiger partial charge in [-0.15, -0.1) is 0 Å². The molecule has 0 spiro atoms. The van der Waals surface area contributed by atoms with Crippen LogP contribution in [0, 0.1) is 0 Å². The van der Waals surface area contributed by atoms with Crippen LogP contribution in [0.3, 0.4) is 0 Å². The van der Waals surface area contributed by atoms with Gasteiger partial charge >= 0.3 is 0 Å². The van der Waals surface area contributed by atoms with Crippen molar-refractivity contribution in [1.82, 2.24) is 14.7 Å². The lowest BCUT2D eigenvalue weighted by Gasteiger charge is -2.29. The van der Waals surface area contributed by atoms with Gasteiger partial charge in [-0.3, -0.25) is 14.5 Å². The Morgan fingerprint density at radius 2 is 1.62 bits per heavy atom. The summed E-state index contributed by atoms with van der Waals surface area (Å²) in [6.07, 6.45) is 10.4. The molecule has 2 saturated heterocycles. The zero-order valence-corrected chi connectivity index (χ0v) is 31.6. The highest BCUT2D eigenvalue weighted by Gasteiger charge is 2.35. The van der Waals surface area contributed by atoms with Crippen molar-refractivity contribution < 1.29 is 14.3 Å². The van der Waals surface area contributed by atoms with Crippen LogP contribution in [0.2, 0.25) is 0 Å². The van der Waals surface area contributed by atoms with E-state index in [1.54, 1.807) is 0 Å². The van der Waals surface area contributed by atoms with Crippen LogP contribution in [0.4, 0.5) is 0 Å². The Bertz CT molecular complexity index is 904. The molecule has 1 aromatic rings. The molecule has 2 fully saturated rings. The molecule has 262 valence electrons. The Kier molecular flexibility index (Phi) is 24.8. The highest BCUT2D eigenvalue weighted by Crippen LogP contribution is 2.37. The molecular weight excluding hydrogens is 558 g/mol. The molecule has 0 N–H and O–H groups in total. The van der Waals surface area contributed by atoms with Crippen LogP contribution < -0.4 is 4.74 Å². The summed E-state index contributed by atoms with van der Waals surface area (Å²) in [6, 6.07) is 7.15. The van der Waals surface area contributed by atoms with Gasteiger partial charge in [0.1, 0.15) is 5.75 Å². The zero-order chi connectivity index (χ0) is 34.2. The number of likely N-dealkylation sites (tertiary alicyclic amines) is 2. The summed E-state index contributed by atoms with van der Waals surface area (Å²) in [7, 11) is 0. The average Bonchev–Trinajstić information content (AvgIpc) is 3.67. The fourth-order valence-electron chi connectivity index (χ4n) is 6.28. The lowest BCUT2D eigenvalue weighted by molar-refractivity contribution is -0.132. The summed E-state index contributed by atoms with van der Waals surface area (Å²) in [5, 5.41) is 0. The van der Waals surface area contributed by atoms with Crippen LogP contribution in [-0.2, 0) is 9.59 Å². The molecule has 0 aromatic heterocycles. The summed E-state index contributed by atoms with van der Waals surface area (Å²) in [6.45, 7) is 28.5. The number of amides is 2. The molecule has 2 amide bonds. The lowest BCUT2D eigenvalue weighted by Crippen LogP contribution is -2.43. The molecule has 2 aliphatic rings. The van der Waals surface area contributed by atoms with Gasteiger partial charge in [-0.1, -0.05) is 101 Å². The molecule has 1 aromatic carbocycles. The monoisotopic (exact) mass is 632 g/mol. The number of benzene rings is 1. The number of hydrogen-bond acceptors (Lipinski definition) is 4. The van der Waals surface area contributed by atoms with Gasteiger partial charge in [0.25, 0.3) is 0 Å². The van der Waals surface area contributed by atoms with Crippen molar-refractivity contribution in [3.8, 4) is 5.75 Å². The SMILES string of the molecule is CC.CC.CC.CCCCCN(CCCC)C(=O)CN1CC(c2ccc(C(C)C)c(OCC)c2)CC1CCCN1CCCC1=O. The molecule has 45 heavy (non-hydrogen) atoms. The van der Waals surface area contributed by atoms with Gasteiger partial charge in [0.15, 0.2) is 0 Å². The maximum absolute atomic E-state index is 13.6. The second-order valence-electron chi connectivity index (χ2n) is 12.0. The third-order valence-corrected chi connectivity index (χ3v) is 8.60. The topological polar surface area (TPSA) is 53.1 Å². The summed E-state index contributed by atoms with van der Waals surface area (Å²) in [5.74, 6) is 2.40. The van der Waals surface area contributed by atoms with Gasteiger partial charge in [-0.2, -0.15) is 0 Å². The summed E-state index contributed by atoms with van der Waals surface area (Å²) >= 11 is 0. The van der Waals surface area contributed by atoms with Crippen LogP contribution in [-0.4, -0.2) is 78.4 Å². The first-order valence-electron chi connectivity index (χ1n) is 18.9. The quantitative estimate of drug-likeness (QED) is 0.161. The lowest BCUT2D eigenvalue weighted by atomic mass is 9.92. The smallest absolute Gasteiger partial charge is 0.236 e.